The van der Waals surface area contributed by atoms with E-state index in [-0.39, 0.29) is 0 Å². The monoisotopic (exact) mass is 156 g/mol. The van der Waals surface area contributed by atoms with Crippen LogP contribution >= 0.6 is 0 Å². The number of piperidine rings is 1. The van der Waals surface area contributed by atoms with Crippen molar-refractivity contribution in [1.82, 2.24) is 10.2 Å². The summed E-state index contributed by atoms with van der Waals surface area (Å²) in [5.74, 6) is 0. The zero-order chi connectivity index (χ0) is 8.32. The molecule has 0 bridgehead atoms. The van der Waals surface area contributed by atoms with Gasteiger partial charge in [0.2, 0.25) is 0 Å². The Labute approximate surface area is 70.0 Å². The molecule has 0 radical (unpaired) electrons. The van der Waals surface area contributed by atoms with Gasteiger partial charge in [0.15, 0.2) is 0 Å². The lowest BCUT2D eigenvalue weighted by molar-refractivity contribution is 0.170. The Hall–Kier alpha value is -0.0800. The van der Waals surface area contributed by atoms with Gasteiger partial charge in [-0.25, -0.2) is 0 Å². The fourth-order valence-corrected chi connectivity index (χ4v) is 2.02. The molecule has 0 unspecified atom stereocenters. The van der Waals surface area contributed by atoms with Gasteiger partial charge in [-0.15, -0.1) is 0 Å². The smallest absolute Gasteiger partial charge is 0.00414 e. The summed E-state index contributed by atoms with van der Waals surface area (Å²) in [6.45, 7) is 5.98. The molecule has 1 N–H and O–H groups in total. The van der Waals surface area contributed by atoms with Crippen molar-refractivity contribution >= 4 is 0 Å². The number of hydrogen-bond donors (Lipinski definition) is 1. The minimum atomic E-state index is 0.516. The van der Waals surface area contributed by atoms with Gasteiger partial charge < -0.3 is 10.2 Å². The molecule has 0 spiro atoms. The third-order valence-corrected chi connectivity index (χ3v) is 2.38. The first-order valence-corrected chi connectivity index (χ1v) is 4.48. The first-order chi connectivity index (χ1) is 5.12. The summed E-state index contributed by atoms with van der Waals surface area (Å²) in [5, 5.41) is 3.45. The van der Waals surface area contributed by atoms with Crippen LogP contribution in [0.5, 0.6) is 0 Å². The molecule has 2 heteroatoms. The van der Waals surface area contributed by atoms with Crippen LogP contribution in [0.2, 0.25) is 0 Å². The summed E-state index contributed by atoms with van der Waals surface area (Å²) in [7, 11) is 4.31. The molecule has 1 saturated heterocycles. The van der Waals surface area contributed by atoms with Gasteiger partial charge in [0.05, 0.1) is 0 Å². The molecule has 2 nitrogen and oxygen atoms in total. The zero-order valence-electron chi connectivity index (χ0n) is 7.98. The lowest BCUT2D eigenvalue weighted by atomic mass is 9.82. The Kier molecular flexibility index (Phi) is 2.90. The molecule has 11 heavy (non-hydrogen) atoms. The molecular weight excluding hydrogens is 136 g/mol. The van der Waals surface area contributed by atoms with Crippen LogP contribution in [-0.4, -0.2) is 38.6 Å². The van der Waals surface area contributed by atoms with E-state index < -0.39 is 0 Å². The highest BCUT2D eigenvalue weighted by molar-refractivity contribution is 4.82. The molecule has 0 amide bonds. The second kappa shape index (κ2) is 3.55. The van der Waals surface area contributed by atoms with Crippen LogP contribution in [0.4, 0.5) is 0 Å². The SMILES string of the molecule is CN(C)C[C@]1(C)CCCNC1. The Morgan fingerprint density at radius 3 is 2.64 bits per heavy atom. The van der Waals surface area contributed by atoms with Crippen LogP contribution in [0, 0.1) is 5.41 Å². The molecule has 1 fully saturated rings. The summed E-state index contributed by atoms with van der Waals surface area (Å²) < 4.78 is 0. The van der Waals surface area contributed by atoms with E-state index in [1.807, 2.05) is 0 Å². The number of nitrogens with zero attached hydrogens (tertiary/aromatic N) is 1. The Morgan fingerprint density at radius 2 is 2.18 bits per heavy atom. The quantitative estimate of drug-likeness (QED) is 0.640. The fourth-order valence-electron chi connectivity index (χ4n) is 2.02. The zero-order valence-corrected chi connectivity index (χ0v) is 7.98. The number of nitrogens with one attached hydrogen (secondary N) is 1. The van der Waals surface area contributed by atoms with Crippen LogP contribution in [0.25, 0.3) is 0 Å². The van der Waals surface area contributed by atoms with Crippen LogP contribution in [-0.2, 0) is 0 Å². The molecule has 0 aromatic carbocycles. The molecular formula is C9H20N2. The molecule has 1 rings (SSSR count). The highest BCUT2D eigenvalue weighted by atomic mass is 15.1. The van der Waals surface area contributed by atoms with Gasteiger partial charge in [-0.2, -0.15) is 0 Å². The molecule has 0 aromatic rings. The summed E-state index contributed by atoms with van der Waals surface area (Å²) in [6.07, 6.45) is 2.71. The second-order valence-electron chi connectivity index (χ2n) is 4.33. The first-order valence-electron chi connectivity index (χ1n) is 4.48. The van der Waals surface area contributed by atoms with Gasteiger partial charge in [0, 0.05) is 13.1 Å². The van der Waals surface area contributed by atoms with E-state index in [1.54, 1.807) is 0 Å². The van der Waals surface area contributed by atoms with E-state index in [2.05, 4.69) is 31.2 Å². The molecule has 0 aromatic heterocycles. The van der Waals surface area contributed by atoms with Crippen molar-refractivity contribution in [3.05, 3.63) is 0 Å². The maximum atomic E-state index is 3.45. The van der Waals surface area contributed by atoms with E-state index in [1.165, 1.54) is 32.5 Å². The minimum absolute atomic E-state index is 0.516. The maximum absolute atomic E-state index is 3.45. The van der Waals surface area contributed by atoms with Gasteiger partial charge in [-0.1, -0.05) is 6.92 Å². The minimum Gasteiger partial charge on any atom is -0.316 e. The molecule has 0 saturated carbocycles. The maximum Gasteiger partial charge on any atom is 0.00414 e. The highest BCUT2D eigenvalue weighted by Crippen LogP contribution is 2.25. The largest absolute Gasteiger partial charge is 0.316 e. The topological polar surface area (TPSA) is 15.3 Å². The van der Waals surface area contributed by atoms with E-state index in [0.717, 1.165) is 0 Å². The fraction of sp³-hybridized carbons (Fsp3) is 1.00. The van der Waals surface area contributed by atoms with Crippen molar-refractivity contribution in [2.24, 2.45) is 5.41 Å². The van der Waals surface area contributed by atoms with Crippen molar-refractivity contribution in [1.29, 1.82) is 0 Å². The van der Waals surface area contributed by atoms with Crippen LogP contribution in [0.3, 0.4) is 0 Å². The van der Waals surface area contributed by atoms with Gasteiger partial charge >= 0.3 is 0 Å². The molecule has 1 heterocycles. The van der Waals surface area contributed by atoms with Crippen LogP contribution < -0.4 is 5.32 Å². The first kappa shape index (κ1) is 9.01. The Morgan fingerprint density at radius 1 is 1.45 bits per heavy atom. The lowest BCUT2D eigenvalue weighted by Gasteiger charge is -2.36. The van der Waals surface area contributed by atoms with E-state index in [4.69, 9.17) is 0 Å². The predicted molar refractivity (Wildman–Crippen MR) is 48.8 cm³/mol. The van der Waals surface area contributed by atoms with Crippen LogP contribution in [0.1, 0.15) is 19.8 Å². The Bertz CT molecular complexity index is 115. The van der Waals surface area contributed by atoms with Crippen molar-refractivity contribution in [2.75, 3.05) is 33.7 Å². The summed E-state index contributed by atoms with van der Waals surface area (Å²) >= 11 is 0. The predicted octanol–water partition coefficient (Wildman–Crippen LogP) is 0.938. The number of hydrogen-bond acceptors (Lipinski definition) is 2. The van der Waals surface area contributed by atoms with Crippen molar-refractivity contribution in [3.63, 3.8) is 0 Å². The van der Waals surface area contributed by atoms with Gasteiger partial charge in [-0.05, 0) is 38.9 Å². The van der Waals surface area contributed by atoms with Crippen molar-refractivity contribution in [2.45, 2.75) is 19.8 Å². The third kappa shape index (κ3) is 2.80. The van der Waals surface area contributed by atoms with E-state index >= 15 is 0 Å². The van der Waals surface area contributed by atoms with Gasteiger partial charge in [0.25, 0.3) is 0 Å². The molecule has 1 aliphatic rings. The molecule has 1 aliphatic heterocycles. The Balaban J connectivity index is 2.37. The van der Waals surface area contributed by atoms with Crippen molar-refractivity contribution in [3.8, 4) is 0 Å². The van der Waals surface area contributed by atoms with Gasteiger partial charge in [0.1, 0.15) is 0 Å². The lowest BCUT2D eigenvalue weighted by Crippen LogP contribution is -2.43. The second-order valence-corrected chi connectivity index (χ2v) is 4.33. The average molecular weight is 156 g/mol. The molecule has 0 aliphatic carbocycles. The number of rotatable bonds is 2. The average Bonchev–Trinajstić information content (AvgIpc) is 1.85. The normalized spacial score (nSPS) is 32.7. The molecule has 1 atom stereocenters. The van der Waals surface area contributed by atoms with Crippen LogP contribution in [0.15, 0.2) is 0 Å². The van der Waals surface area contributed by atoms with Gasteiger partial charge in [-0.3, -0.25) is 0 Å². The molecule has 66 valence electrons. The standard InChI is InChI=1S/C9H20N2/c1-9(8-11(2)3)5-4-6-10-7-9/h10H,4-8H2,1-3H3/t9-/m1/s1. The summed E-state index contributed by atoms with van der Waals surface area (Å²) in [6, 6.07) is 0. The van der Waals surface area contributed by atoms with E-state index in [0.29, 0.717) is 5.41 Å². The van der Waals surface area contributed by atoms with E-state index in [9.17, 15) is 0 Å². The summed E-state index contributed by atoms with van der Waals surface area (Å²) in [5.41, 5.74) is 0.516. The van der Waals surface area contributed by atoms with Crippen molar-refractivity contribution < 1.29 is 0 Å². The third-order valence-electron chi connectivity index (χ3n) is 2.38. The summed E-state index contributed by atoms with van der Waals surface area (Å²) in [4.78, 5) is 2.28. The highest BCUT2D eigenvalue weighted by Gasteiger charge is 2.26.